The van der Waals surface area contributed by atoms with E-state index in [1.807, 2.05) is 0 Å². The summed E-state index contributed by atoms with van der Waals surface area (Å²) in [6.45, 7) is 6.68. The van der Waals surface area contributed by atoms with Crippen molar-refractivity contribution < 1.29 is 28.6 Å². The van der Waals surface area contributed by atoms with Crippen LogP contribution in [0.2, 0.25) is 0 Å². The van der Waals surface area contributed by atoms with Crippen LogP contribution in [0.25, 0.3) is 0 Å². The molecule has 0 rings (SSSR count). The molecule has 0 amide bonds. The van der Waals surface area contributed by atoms with Gasteiger partial charge >= 0.3 is 17.9 Å². The van der Waals surface area contributed by atoms with Gasteiger partial charge in [0.1, 0.15) is 13.2 Å². The van der Waals surface area contributed by atoms with Crippen LogP contribution >= 0.6 is 0 Å². The van der Waals surface area contributed by atoms with Crippen LogP contribution < -0.4 is 0 Å². The van der Waals surface area contributed by atoms with Gasteiger partial charge in [-0.05, 0) is 19.3 Å². The number of rotatable bonds is 62. The van der Waals surface area contributed by atoms with Crippen molar-refractivity contribution in [2.24, 2.45) is 0 Å². The Hall–Kier alpha value is -1.59. The van der Waals surface area contributed by atoms with Crippen molar-refractivity contribution in [3.05, 3.63) is 0 Å². The van der Waals surface area contributed by atoms with Crippen LogP contribution in [0, 0.1) is 0 Å². The highest BCUT2D eigenvalue weighted by Crippen LogP contribution is 2.19. The molecule has 0 aromatic carbocycles. The molecule has 6 heteroatoms. The second-order valence-electron chi connectivity index (χ2n) is 22.8. The molecule has 0 N–H and O–H groups in total. The first-order chi connectivity index (χ1) is 35.5. The maximum absolute atomic E-state index is 12.8. The van der Waals surface area contributed by atoms with E-state index < -0.39 is 6.10 Å². The molecule has 0 aromatic heterocycles. The highest BCUT2D eigenvalue weighted by Gasteiger charge is 2.19. The minimum atomic E-state index is -0.760. The van der Waals surface area contributed by atoms with Crippen molar-refractivity contribution in [1.82, 2.24) is 0 Å². The third kappa shape index (κ3) is 59.3. The molecule has 0 aliphatic carbocycles. The van der Waals surface area contributed by atoms with Gasteiger partial charge in [0.25, 0.3) is 0 Å². The smallest absolute Gasteiger partial charge is 0.306 e. The molecular formula is C66H128O6. The van der Waals surface area contributed by atoms with Gasteiger partial charge in [-0.3, -0.25) is 14.4 Å². The zero-order valence-electron chi connectivity index (χ0n) is 49.2. The predicted molar refractivity (Wildman–Crippen MR) is 312 cm³/mol. The average molecular weight is 1020 g/mol. The second kappa shape index (κ2) is 62.0. The molecule has 1 atom stereocenters. The highest BCUT2D eigenvalue weighted by molar-refractivity contribution is 5.71. The Labute approximate surface area is 450 Å². The quantitative estimate of drug-likeness (QED) is 0.0343. The third-order valence-corrected chi connectivity index (χ3v) is 15.4. The third-order valence-electron chi connectivity index (χ3n) is 15.4. The van der Waals surface area contributed by atoms with E-state index in [4.69, 9.17) is 14.2 Å². The molecular weight excluding hydrogens is 889 g/mol. The molecule has 0 bridgehead atoms. The number of hydrogen-bond donors (Lipinski definition) is 0. The highest BCUT2D eigenvalue weighted by atomic mass is 16.6. The van der Waals surface area contributed by atoms with Gasteiger partial charge in [0.2, 0.25) is 0 Å². The van der Waals surface area contributed by atoms with Crippen LogP contribution in [0.1, 0.15) is 387 Å². The molecule has 0 aromatic rings. The van der Waals surface area contributed by atoms with Crippen molar-refractivity contribution >= 4 is 17.9 Å². The summed E-state index contributed by atoms with van der Waals surface area (Å²) >= 11 is 0. The van der Waals surface area contributed by atoms with E-state index in [0.29, 0.717) is 19.3 Å². The fourth-order valence-electron chi connectivity index (χ4n) is 10.4. The van der Waals surface area contributed by atoms with Crippen molar-refractivity contribution in [2.45, 2.75) is 393 Å². The summed E-state index contributed by atoms with van der Waals surface area (Å²) in [6.07, 6.45) is 71.7. The first-order valence-electron chi connectivity index (χ1n) is 33.0. The number of carbonyl (C=O) groups excluding carboxylic acids is 3. The van der Waals surface area contributed by atoms with Crippen LogP contribution in [0.5, 0.6) is 0 Å². The van der Waals surface area contributed by atoms with Crippen molar-refractivity contribution in [2.75, 3.05) is 13.2 Å². The molecule has 0 fully saturated rings. The monoisotopic (exact) mass is 1020 g/mol. The van der Waals surface area contributed by atoms with Gasteiger partial charge in [0, 0.05) is 19.3 Å². The summed E-state index contributed by atoms with van der Waals surface area (Å²) in [5, 5.41) is 0. The number of carbonyl (C=O) groups is 3. The average Bonchev–Trinajstić information content (AvgIpc) is 3.38. The topological polar surface area (TPSA) is 78.9 Å². The summed E-state index contributed by atoms with van der Waals surface area (Å²) in [5.74, 6) is -0.839. The molecule has 6 nitrogen and oxygen atoms in total. The van der Waals surface area contributed by atoms with E-state index in [9.17, 15) is 14.4 Å². The molecule has 0 spiro atoms. The maximum atomic E-state index is 12.8. The van der Waals surface area contributed by atoms with Crippen molar-refractivity contribution in [3.63, 3.8) is 0 Å². The summed E-state index contributed by atoms with van der Waals surface area (Å²) in [6, 6.07) is 0. The minimum Gasteiger partial charge on any atom is -0.462 e. The molecule has 0 saturated heterocycles. The van der Waals surface area contributed by atoms with Crippen LogP contribution in [-0.4, -0.2) is 37.2 Å². The SMILES string of the molecule is CCCCCCCCCCCCCCCCCCCCCCCCCCCCCCCCCCCCC(=O)OCC(COC(=O)CCCCCCCCCCC)OC(=O)CCCCCCCCCCCCC. The van der Waals surface area contributed by atoms with Crippen LogP contribution in [0.4, 0.5) is 0 Å². The Kier molecular flexibility index (Phi) is 60.6. The van der Waals surface area contributed by atoms with Gasteiger partial charge in [-0.25, -0.2) is 0 Å². The van der Waals surface area contributed by atoms with Gasteiger partial charge in [0.05, 0.1) is 0 Å². The first-order valence-corrected chi connectivity index (χ1v) is 33.0. The Morgan fingerprint density at radius 3 is 0.556 bits per heavy atom. The molecule has 0 saturated carbocycles. The zero-order valence-corrected chi connectivity index (χ0v) is 49.2. The van der Waals surface area contributed by atoms with E-state index >= 15 is 0 Å². The van der Waals surface area contributed by atoms with Gasteiger partial charge in [-0.2, -0.15) is 0 Å². The van der Waals surface area contributed by atoms with E-state index in [1.54, 1.807) is 0 Å². The van der Waals surface area contributed by atoms with Gasteiger partial charge in [-0.1, -0.05) is 348 Å². The van der Waals surface area contributed by atoms with E-state index in [0.717, 1.165) is 57.8 Å². The lowest BCUT2D eigenvalue weighted by Crippen LogP contribution is -2.30. The maximum Gasteiger partial charge on any atom is 0.306 e. The second-order valence-corrected chi connectivity index (χ2v) is 22.8. The Bertz CT molecular complexity index is 1080. The molecule has 428 valence electrons. The fourth-order valence-corrected chi connectivity index (χ4v) is 10.4. The summed E-state index contributed by atoms with van der Waals surface area (Å²) < 4.78 is 16.8. The van der Waals surface area contributed by atoms with Crippen molar-refractivity contribution in [1.29, 1.82) is 0 Å². The molecule has 0 heterocycles. The normalized spacial score (nSPS) is 11.9. The molecule has 0 aliphatic heterocycles. The van der Waals surface area contributed by atoms with Crippen molar-refractivity contribution in [3.8, 4) is 0 Å². The molecule has 72 heavy (non-hydrogen) atoms. The molecule has 1 unspecified atom stereocenters. The fraction of sp³-hybridized carbons (Fsp3) is 0.955. The molecule has 0 radical (unpaired) electrons. The Balaban J connectivity index is 3.87. The van der Waals surface area contributed by atoms with Gasteiger partial charge < -0.3 is 14.2 Å². The zero-order chi connectivity index (χ0) is 52.2. The van der Waals surface area contributed by atoms with Crippen LogP contribution in [0.15, 0.2) is 0 Å². The summed E-state index contributed by atoms with van der Waals surface area (Å²) in [5.41, 5.74) is 0. The summed E-state index contributed by atoms with van der Waals surface area (Å²) in [7, 11) is 0. The van der Waals surface area contributed by atoms with Crippen LogP contribution in [0.3, 0.4) is 0 Å². The lowest BCUT2D eigenvalue weighted by molar-refractivity contribution is -0.167. The number of esters is 3. The number of ether oxygens (including phenoxy) is 3. The number of hydrogen-bond acceptors (Lipinski definition) is 6. The van der Waals surface area contributed by atoms with E-state index in [-0.39, 0.29) is 31.1 Å². The molecule has 0 aliphatic rings. The Morgan fingerprint density at radius 1 is 0.222 bits per heavy atom. The minimum absolute atomic E-state index is 0.0617. The number of unbranched alkanes of at least 4 members (excludes halogenated alkanes) is 51. The van der Waals surface area contributed by atoms with Crippen LogP contribution in [-0.2, 0) is 28.6 Å². The first kappa shape index (κ1) is 70.4. The van der Waals surface area contributed by atoms with E-state index in [1.165, 1.54) is 289 Å². The van der Waals surface area contributed by atoms with Gasteiger partial charge in [0.15, 0.2) is 6.10 Å². The summed E-state index contributed by atoms with van der Waals surface area (Å²) in [4.78, 5) is 38.0. The lowest BCUT2D eigenvalue weighted by Gasteiger charge is -2.18. The Morgan fingerprint density at radius 2 is 0.375 bits per heavy atom. The standard InChI is InChI=1S/C66H128O6/c1-4-7-10-13-16-19-21-22-23-24-25-26-27-28-29-30-31-32-33-34-35-36-37-38-39-40-41-42-43-45-47-50-53-56-59-65(68)71-62-63(61-70-64(67)58-55-52-49-46-18-15-12-9-6-3)72-66(69)60-57-54-51-48-44-20-17-14-11-8-5-2/h63H,4-62H2,1-3H3. The largest absolute Gasteiger partial charge is 0.462 e. The van der Waals surface area contributed by atoms with Gasteiger partial charge in [-0.15, -0.1) is 0 Å². The predicted octanol–water partition coefficient (Wildman–Crippen LogP) is 22.3. The lowest BCUT2D eigenvalue weighted by atomic mass is 10.0. The van der Waals surface area contributed by atoms with E-state index in [2.05, 4.69) is 20.8 Å².